The number of nitrogens with zero attached hydrogens (tertiary/aromatic N) is 1. The van der Waals surface area contributed by atoms with Gasteiger partial charge in [0, 0.05) is 12.4 Å². The first-order valence-corrected chi connectivity index (χ1v) is 6.11. The van der Waals surface area contributed by atoms with Crippen molar-refractivity contribution in [2.75, 3.05) is 5.32 Å². The van der Waals surface area contributed by atoms with E-state index in [9.17, 15) is 22.8 Å². The Bertz CT molecular complexity index is 747. The minimum Gasteiger partial charge on any atom is -0.478 e. The molecule has 0 aliphatic rings. The molecule has 120 valence electrons. The zero-order chi connectivity index (χ0) is 17.0. The van der Waals surface area contributed by atoms with Gasteiger partial charge < -0.3 is 15.2 Å². The number of hydrogen-bond donors (Lipinski definition) is 2. The van der Waals surface area contributed by atoms with Crippen molar-refractivity contribution in [3.8, 4) is 5.75 Å². The summed E-state index contributed by atoms with van der Waals surface area (Å²) in [6, 6.07) is 6.00. The normalized spacial score (nSPS) is 10.9. The number of para-hydroxylation sites is 2. The van der Waals surface area contributed by atoms with E-state index < -0.39 is 24.0 Å². The summed E-state index contributed by atoms with van der Waals surface area (Å²) in [5, 5.41) is 11.2. The summed E-state index contributed by atoms with van der Waals surface area (Å²) in [7, 11) is 0. The Morgan fingerprint density at radius 2 is 1.83 bits per heavy atom. The molecule has 0 saturated heterocycles. The number of ether oxygens (including phenoxy) is 1. The molecule has 0 bridgehead atoms. The van der Waals surface area contributed by atoms with Gasteiger partial charge in [-0.2, -0.15) is 0 Å². The van der Waals surface area contributed by atoms with Gasteiger partial charge in [-0.25, -0.2) is 4.79 Å². The Kier molecular flexibility index (Phi) is 4.49. The fourth-order valence-electron chi connectivity index (χ4n) is 1.74. The summed E-state index contributed by atoms with van der Waals surface area (Å²) >= 11 is 0. The Morgan fingerprint density at radius 1 is 1.13 bits per heavy atom. The van der Waals surface area contributed by atoms with Crippen LogP contribution in [0.15, 0.2) is 42.7 Å². The SMILES string of the molecule is O=C(O)c1ccncc1C(=O)Nc1ccccc1OC(F)(F)F. The third-order valence-corrected chi connectivity index (χ3v) is 2.66. The van der Waals surface area contributed by atoms with Crippen LogP contribution >= 0.6 is 0 Å². The number of hydrogen-bond acceptors (Lipinski definition) is 4. The minimum atomic E-state index is -4.93. The molecule has 0 unspecified atom stereocenters. The zero-order valence-corrected chi connectivity index (χ0v) is 11.3. The number of benzene rings is 1. The fourth-order valence-corrected chi connectivity index (χ4v) is 1.74. The molecular formula is C14H9F3N2O4. The van der Waals surface area contributed by atoms with E-state index >= 15 is 0 Å². The highest BCUT2D eigenvalue weighted by atomic mass is 19.4. The third-order valence-electron chi connectivity index (χ3n) is 2.66. The highest BCUT2D eigenvalue weighted by molar-refractivity contribution is 6.10. The molecule has 0 atom stereocenters. The summed E-state index contributed by atoms with van der Waals surface area (Å²) in [6.45, 7) is 0. The number of nitrogens with one attached hydrogen (secondary N) is 1. The average molecular weight is 326 g/mol. The Morgan fingerprint density at radius 3 is 2.48 bits per heavy atom. The Hall–Kier alpha value is -3.10. The van der Waals surface area contributed by atoms with Crippen LogP contribution in [0.3, 0.4) is 0 Å². The molecule has 0 saturated carbocycles. The smallest absolute Gasteiger partial charge is 0.478 e. The summed E-state index contributed by atoms with van der Waals surface area (Å²) in [5.41, 5.74) is -0.872. The monoisotopic (exact) mass is 326 g/mol. The van der Waals surface area contributed by atoms with Crippen molar-refractivity contribution in [1.29, 1.82) is 0 Å². The van der Waals surface area contributed by atoms with Gasteiger partial charge in [-0.1, -0.05) is 12.1 Å². The van der Waals surface area contributed by atoms with Crippen LogP contribution in [0.5, 0.6) is 5.75 Å². The highest BCUT2D eigenvalue weighted by Gasteiger charge is 2.32. The molecular weight excluding hydrogens is 317 g/mol. The molecule has 2 N–H and O–H groups in total. The van der Waals surface area contributed by atoms with Crippen LogP contribution in [0.1, 0.15) is 20.7 Å². The second-order valence-electron chi connectivity index (χ2n) is 4.22. The topological polar surface area (TPSA) is 88.5 Å². The van der Waals surface area contributed by atoms with Gasteiger partial charge in [-0.15, -0.1) is 13.2 Å². The molecule has 23 heavy (non-hydrogen) atoms. The zero-order valence-electron chi connectivity index (χ0n) is 11.3. The standard InChI is InChI=1S/C14H9F3N2O4/c15-14(16,17)23-11-4-2-1-3-10(11)19-12(20)9-7-18-6-5-8(9)13(21)22/h1-7H,(H,19,20)(H,21,22). The average Bonchev–Trinajstić information content (AvgIpc) is 2.47. The fraction of sp³-hybridized carbons (Fsp3) is 0.0714. The van der Waals surface area contributed by atoms with Gasteiger partial charge in [0.15, 0.2) is 5.75 Å². The largest absolute Gasteiger partial charge is 0.573 e. The lowest BCUT2D eigenvalue weighted by molar-refractivity contribution is -0.274. The van der Waals surface area contributed by atoms with Crippen LogP contribution in [-0.4, -0.2) is 28.3 Å². The molecule has 0 fully saturated rings. The number of aromatic carboxylic acids is 1. The molecule has 0 radical (unpaired) electrons. The number of halogens is 3. The molecule has 9 heteroatoms. The number of pyridine rings is 1. The number of rotatable bonds is 4. The van der Waals surface area contributed by atoms with E-state index in [0.29, 0.717) is 0 Å². The van der Waals surface area contributed by atoms with Gasteiger partial charge in [0.25, 0.3) is 5.91 Å². The second kappa shape index (κ2) is 6.34. The van der Waals surface area contributed by atoms with E-state index in [1.807, 2.05) is 0 Å². The number of anilines is 1. The lowest BCUT2D eigenvalue weighted by Crippen LogP contribution is -2.20. The van der Waals surface area contributed by atoms with Gasteiger partial charge in [0.05, 0.1) is 16.8 Å². The number of carbonyl (C=O) groups is 2. The number of carbonyl (C=O) groups excluding carboxylic acids is 1. The van der Waals surface area contributed by atoms with Crippen LogP contribution in [0.25, 0.3) is 0 Å². The summed E-state index contributed by atoms with van der Waals surface area (Å²) in [5.74, 6) is -2.90. The summed E-state index contributed by atoms with van der Waals surface area (Å²) in [6.07, 6.45) is -2.74. The van der Waals surface area contributed by atoms with E-state index in [-0.39, 0.29) is 16.8 Å². The highest BCUT2D eigenvalue weighted by Crippen LogP contribution is 2.30. The lowest BCUT2D eigenvalue weighted by atomic mass is 10.1. The molecule has 1 heterocycles. The first-order chi connectivity index (χ1) is 10.8. The molecule has 1 aromatic heterocycles. The van der Waals surface area contributed by atoms with Crippen molar-refractivity contribution in [2.24, 2.45) is 0 Å². The first-order valence-electron chi connectivity index (χ1n) is 6.11. The van der Waals surface area contributed by atoms with Gasteiger partial charge >= 0.3 is 12.3 Å². The van der Waals surface area contributed by atoms with E-state index in [1.165, 1.54) is 24.4 Å². The molecule has 6 nitrogen and oxygen atoms in total. The van der Waals surface area contributed by atoms with Crippen molar-refractivity contribution in [1.82, 2.24) is 4.98 Å². The minimum absolute atomic E-state index is 0.255. The van der Waals surface area contributed by atoms with Crippen molar-refractivity contribution >= 4 is 17.6 Å². The molecule has 0 aliphatic heterocycles. The number of carboxylic acids is 1. The number of carboxylic acid groups (broad SMARTS) is 1. The predicted octanol–water partition coefficient (Wildman–Crippen LogP) is 2.93. The molecule has 0 aliphatic carbocycles. The molecule has 1 amide bonds. The van der Waals surface area contributed by atoms with Crippen LogP contribution in [0.2, 0.25) is 0 Å². The maximum atomic E-state index is 12.3. The molecule has 2 aromatic rings. The molecule has 1 aromatic carbocycles. The first kappa shape index (κ1) is 16.3. The van der Waals surface area contributed by atoms with Crippen molar-refractivity contribution in [3.63, 3.8) is 0 Å². The van der Waals surface area contributed by atoms with Gasteiger partial charge in [-0.05, 0) is 18.2 Å². The van der Waals surface area contributed by atoms with E-state index in [1.54, 1.807) is 0 Å². The van der Waals surface area contributed by atoms with Crippen molar-refractivity contribution in [2.45, 2.75) is 6.36 Å². The molecule has 2 rings (SSSR count). The third kappa shape index (κ3) is 4.19. The number of alkyl halides is 3. The maximum absolute atomic E-state index is 12.3. The second-order valence-corrected chi connectivity index (χ2v) is 4.22. The van der Waals surface area contributed by atoms with Gasteiger partial charge in [-0.3, -0.25) is 9.78 Å². The van der Waals surface area contributed by atoms with Crippen LogP contribution in [0, 0.1) is 0 Å². The van der Waals surface area contributed by atoms with Crippen LogP contribution in [0.4, 0.5) is 18.9 Å². The van der Waals surface area contributed by atoms with Gasteiger partial charge in [0.2, 0.25) is 0 Å². The van der Waals surface area contributed by atoms with E-state index in [0.717, 1.165) is 18.3 Å². The lowest BCUT2D eigenvalue weighted by Gasteiger charge is -2.14. The van der Waals surface area contributed by atoms with Crippen LogP contribution in [-0.2, 0) is 0 Å². The summed E-state index contributed by atoms with van der Waals surface area (Å²) in [4.78, 5) is 26.8. The molecule has 0 spiro atoms. The Balaban J connectivity index is 2.30. The predicted molar refractivity (Wildman–Crippen MR) is 72.3 cm³/mol. The number of amides is 1. The summed E-state index contributed by atoms with van der Waals surface area (Å²) < 4.78 is 40.8. The van der Waals surface area contributed by atoms with Crippen LogP contribution < -0.4 is 10.1 Å². The van der Waals surface area contributed by atoms with Crippen molar-refractivity contribution < 1.29 is 32.6 Å². The number of aromatic nitrogens is 1. The quantitative estimate of drug-likeness (QED) is 0.902. The van der Waals surface area contributed by atoms with E-state index in [2.05, 4.69) is 15.0 Å². The van der Waals surface area contributed by atoms with Crippen molar-refractivity contribution in [3.05, 3.63) is 53.9 Å². The van der Waals surface area contributed by atoms with Gasteiger partial charge in [0.1, 0.15) is 0 Å². The van der Waals surface area contributed by atoms with E-state index in [4.69, 9.17) is 5.11 Å². The maximum Gasteiger partial charge on any atom is 0.573 e. The Labute approximate surface area is 127 Å².